The van der Waals surface area contributed by atoms with Gasteiger partial charge in [-0.25, -0.2) is 24.3 Å². The highest BCUT2D eigenvalue weighted by Crippen LogP contribution is 2.33. The van der Waals surface area contributed by atoms with Gasteiger partial charge in [0.2, 0.25) is 5.91 Å². The number of esters is 2. The van der Waals surface area contributed by atoms with Crippen molar-refractivity contribution in [2.45, 2.75) is 31.6 Å². The number of likely N-dealkylation sites (tertiary alicyclic amines) is 1. The number of imide groups is 1. The zero-order valence-corrected chi connectivity index (χ0v) is 19.4. The molecule has 1 aliphatic heterocycles. The lowest BCUT2D eigenvalue weighted by Crippen LogP contribution is -2.69. The van der Waals surface area contributed by atoms with E-state index in [0.717, 1.165) is 16.3 Å². The number of carbonyl (C=O) groups excluding carboxylic acids is 4. The normalized spacial score (nSPS) is 18.2. The molecule has 2 heterocycles. The van der Waals surface area contributed by atoms with Crippen molar-refractivity contribution in [3.8, 4) is 0 Å². The number of pyridine rings is 1. The number of carbonyl (C=O) groups is 4. The highest BCUT2D eigenvalue weighted by Gasteiger charge is 2.57. The van der Waals surface area contributed by atoms with E-state index in [1.165, 1.54) is 18.3 Å². The standard InChI is InChI=1S/C25H21F3N4O5/c1-13(16-8-4-6-15-5-2-3-7-17(15)16)31-24(36)32-20(22(34)37-23(35)25(26,27)28)18(21(32)33)11-14-9-10-30-19(29)12-14/h2-10,12-13,18,20H,11H2,1H3,(H2,29,30)(H,31,36)/t13-,18?,20?/m1/s1. The first-order valence-electron chi connectivity index (χ1n) is 11.1. The molecule has 0 radical (unpaired) electrons. The Balaban J connectivity index is 1.57. The lowest BCUT2D eigenvalue weighted by molar-refractivity contribution is -0.205. The summed E-state index contributed by atoms with van der Waals surface area (Å²) in [6.07, 6.45) is -4.23. The molecule has 0 aliphatic carbocycles. The fourth-order valence-corrected chi connectivity index (χ4v) is 4.29. The van der Waals surface area contributed by atoms with Gasteiger partial charge in [-0.3, -0.25) is 4.79 Å². The Kier molecular flexibility index (Phi) is 6.84. The molecular weight excluding hydrogens is 493 g/mol. The van der Waals surface area contributed by atoms with Crippen molar-refractivity contribution < 1.29 is 37.1 Å². The summed E-state index contributed by atoms with van der Waals surface area (Å²) in [6.45, 7) is 1.65. The number of nitrogens with zero attached hydrogens (tertiary/aromatic N) is 2. The minimum absolute atomic E-state index is 0.120. The molecule has 3 atom stereocenters. The van der Waals surface area contributed by atoms with Crippen LogP contribution >= 0.6 is 0 Å². The van der Waals surface area contributed by atoms with Crippen LogP contribution in [0.25, 0.3) is 10.8 Å². The Labute approximate surface area is 208 Å². The smallest absolute Gasteiger partial charge is 0.385 e. The third-order valence-corrected chi connectivity index (χ3v) is 6.03. The van der Waals surface area contributed by atoms with E-state index in [1.54, 1.807) is 19.1 Å². The SMILES string of the molecule is C[C@@H](NC(=O)N1C(=O)C(Cc2ccnc(N)c2)C1C(=O)OC(=O)C(F)(F)F)c1cccc2ccccc12. The Morgan fingerprint density at radius 1 is 1.14 bits per heavy atom. The monoisotopic (exact) mass is 514 g/mol. The van der Waals surface area contributed by atoms with Crippen LogP contribution in [0.5, 0.6) is 0 Å². The van der Waals surface area contributed by atoms with Crippen molar-refractivity contribution in [3.05, 3.63) is 71.9 Å². The third kappa shape index (κ3) is 5.22. The van der Waals surface area contributed by atoms with Crippen LogP contribution < -0.4 is 11.1 Å². The number of aromatic nitrogens is 1. The lowest BCUT2D eigenvalue weighted by Gasteiger charge is -2.43. The van der Waals surface area contributed by atoms with E-state index < -0.39 is 48.1 Å². The summed E-state index contributed by atoms with van der Waals surface area (Å²) in [6, 6.07) is 12.3. The second-order valence-corrected chi connectivity index (χ2v) is 8.50. The molecule has 2 unspecified atom stereocenters. The quantitative estimate of drug-likeness (QED) is 0.303. The number of halogens is 3. The summed E-state index contributed by atoms with van der Waals surface area (Å²) in [7, 11) is 0. The lowest BCUT2D eigenvalue weighted by atomic mass is 9.82. The molecule has 3 amide bonds. The number of nitrogens with one attached hydrogen (secondary N) is 1. The van der Waals surface area contributed by atoms with Gasteiger partial charge in [-0.1, -0.05) is 42.5 Å². The molecule has 1 fully saturated rings. The van der Waals surface area contributed by atoms with Gasteiger partial charge >= 0.3 is 24.1 Å². The zero-order chi connectivity index (χ0) is 26.9. The number of β-lactam (4-membered cyclic amide) rings is 1. The van der Waals surface area contributed by atoms with E-state index in [1.807, 2.05) is 30.3 Å². The van der Waals surface area contributed by atoms with E-state index >= 15 is 0 Å². The Morgan fingerprint density at radius 2 is 1.84 bits per heavy atom. The molecule has 3 N–H and O–H groups in total. The predicted octanol–water partition coefficient (Wildman–Crippen LogP) is 3.29. The first kappa shape index (κ1) is 25.6. The molecule has 0 spiro atoms. The number of amides is 3. The Bertz CT molecular complexity index is 1390. The number of hydrogen-bond donors (Lipinski definition) is 2. The van der Waals surface area contributed by atoms with Crippen molar-refractivity contribution in [3.63, 3.8) is 0 Å². The van der Waals surface area contributed by atoms with Crippen molar-refractivity contribution in [2.24, 2.45) is 5.92 Å². The van der Waals surface area contributed by atoms with Crippen LogP contribution in [0, 0.1) is 5.92 Å². The van der Waals surface area contributed by atoms with Crippen LogP contribution in [0.1, 0.15) is 24.1 Å². The molecule has 1 aliphatic rings. The minimum Gasteiger partial charge on any atom is -0.385 e. The average molecular weight is 514 g/mol. The minimum atomic E-state index is -5.44. The fourth-order valence-electron chi connectivity index (χ4n) is 4.29. The average Bonchev–Trinajstić information content (AvgIpc) is 2.84. The maximum Gasteiger partial charge on any atom is 0.491 e. The van der Waals surface area contributed by atoms with E-state index in [9.17, 15) is 32.3 Å². The van der Waals surface area contributed by atoms with Crippen LogP contribution in [0.3, 0.4) is 0 Å². The molecule has 1 aromatic heterocycles. The number of hydrogen-bond acceptors (Lipinski definition) is 7. The summed E-state index contributed by atoms with van der Waals surface area (Å²) in [5.74, 6) is -6.36. The van der Waals surface area contributed by atoms with E-state index in [4.69, 9.17) is 5.73 Å². The van der Waals surface area contributed by atoms with Gasteiger partial charge in [0, 0.05) is 6.20 Å². The van der Waals surface area contributed by atoms with Gasteiger partial charge in [0.1, 0.15) is 5.82 Å². The molecule has 4 rings (SSSR count). The van der Waals surface area contributed by atoms with Gasteiger partial charge < -0.3 is 15.8 Å². The van der Waals surface area contributed by atoms with Crippen molar-refractivity contribution in [2.75, 3.05) is 5.73 Å². The summed E-state index contributed by atoms with van der Waals surface area (Å²) in [5, 5.41) is 4.35. The highest BCUT2D eigenvalue weighted by molar-refractivity contribution is 6.09. The summed E-state index contributed by atoms with van der Waals surface area (Å²) in [5.41, 5.74) is 6.80. The fraction of sp³-hybridized carbons (Fsp3) is 0.240. The highest BCUT2D eigenvalue weighted by atomic mass is 19.4. The molecule has 192 valence electrons. The Morgan fingerprint density at radius 3 is 2.54 bits per heavy atom. The van der Waals surface area contributed by atoms with Crippen LogP contribution in [-0.2, 0) is 25.5 Å². The first-order chi connectivity index (χ1) is 17.5. The molecule has 3 aromatic rings. The molecule has 1 saturated heterocycles. The number of rotatable bonds is 5. The van der Waals surface area contributed by atoms with E-state index in [2.05, 4.69) is 15.0 Å². The van der Waals surface area contributed by atoms with Gasteiger partial charge in [0.15, 0.2) is 6.04 Å². The molecule has 37 heavy (non-hydrogen) atoms. The van der Waals surface area contributed by atoms with Crippen LogP contribution in [-0.4, -0.2) is 46.0 Å². The Hall–Kier alpha value is -4.48. The maximum atomic E-state index is 13.1. The number of fused-ring (bicyclic) bond motifs is 1. The molecule has 0 saturated carbocycles. The number of nitrogen functional groups attached to an aromatic ring is 1. The molecule has 2 aromatic carbocycles. The topological polar surface area (TPSA) is 132 Å². The molecular formula is C25H21F3N4O5. The summed E-state index contributed by atoms with van der Waals surface area (Å²) < 4.78 is 42.1. The predicted molar refractivity (Wildman–Crippen MR) is 125 cm³/mol. The molecule has 12 heteroatoms. The van der Waals surface area contributed by atoms with Gasteiger partial charge in [0.25, 0.3) is 0 Å². The van der Waals surface area contributed by atoms with Gasteiger partial charge in [0.05, 0.1) is 12.0 Å². The van der Waals surface area contributed by atoms with Crippen molar-refractivity contribution in [1.82, 2.24) is 15.2 Å². The van der Waals surface area contributed by atoms with Gasteiger partial charge in [-0.2, -0.15) is 13.2 Å². The zero-order valence-electron chi connectivity index (χ0n) is 19.4. The van der Waals surface area contributed by atoms with Crippen LogP contribution in [0.2, 0.25) is 0 Å². The summed E-state index contributed by atoms with van der Waals surface area (Å²) in [4.78, 5) is 54.1. The van der Waals surface area contributed by atoms with Gasteiger partial charge in [-0.15, -0.1) is 0 Å². The second kappa shape index (κ2) is 9.88. The molecule has 0 bridgehead atoms. The number of anilines is 1. The molecule has 9 nitrogen and oxygen atoms in total. The summed E-state index contributed by atoms with van der Waals surface area (Å²) >= 11 is 0. The number of alkyl halides is 3. The number of nitrogens with two attached hydrogens (primary N) is 1. The van der Waals surface area contributed by atoms with Crippen LogP contribution in [0.4, 0.5) is 23.8 Å². The number of benzene rings is 2. The number of ether oxygens (including phenoxy) is 1. The first-order valence-corrected chi connectivity index (χ1v) is 11.1. The van der Waals surface area contributed by atoms with E-state index in [0.29, 0.717) is 10.5 Å². The van der Waals surface area contributed by atoms with Crippen LogP contribution in [0.15, 0.2) is 60.8 Å². The second-order valence-electron chi connectivity index (χ2n) is 8.50. The van der Waals surface area contributed by atoms with E-state index in [-0.39, 0.29) is 12.2 Å². The van der Waals surface area contributed by atoms with Crippen molar-refractivity contribution >= 4 is 40.5 Å². The number of urea groups is 1. The largest absolute Gasteiger partial charge is 0.491 e. The van der Waals surface area contributed by atoms with Gasteiger partial charge in [-0.05, 0) is 47.4 Å². The maximum absolute atomic E-state index is 13.1. The third-order valence-electron chi connectivity index (χ3n) is 6.03. The van der Waals surface area contributed by atoms with Crippen molar-refractivity contribution in [1.29, 1.82) is 0 Å².